The van der Waals surface area contributed by atoms with Gasteiger partial charge in [-0.25, -0.2) is 0 Å². The first kappa shape index (κ1) is 15.4. The topological polar surface area (TPSA) is 40.0 Å². The maximum Gasteiger partial charge on any atom is 0.161 e. The molecule has 0 saturated carbocycles. The van der Waals surface area contributed by atoms with Crippen LogP contribution in [0.5, 0.6) is 11.5 Å². The number of nitrogens with zero attached hydrogens (tertiary/aromatic N) is 1. The van der Waals surface area contributed by atoms with E-state index >= 15 is 0 Å². The van der Waals surface area contributed by atoms with Crippen molar-refractivity contribution in [2.75, 3.05) is 14.2 Å². The van der Waals surface area contributed by atoms with E-state index in [9.17, 15) is 0 Å². The first-order valence-corrected chi connectivity index (χ1v) is 7.14. The Morgan fingerprint density at radius 1 is 1.05 bits per heavy atom. The number of hydrogen-bond acceptors (Lipinski definition) is 4. The Morgan fingerprint density at radius 2 is 1.71 bits per heavy atom. The first-order valence-electron chi connectivity index (χ1n) is 6.35. The van der Waals surface area contributed by atoms with E-state index in [2.05, 4.69) is 21.1 Å². The molecule has 2 aromatic carbocycles. The minimum absolute atomic E-state index is 0.338. The highest BCUT2D eigenvalue weighted by Gasteiger charge is 2.09. The number of benzene rings is 2. The van der Waals surface area contributed by atoms with Crippen molar-refractivity contribution in [3.63, 3.8) is 0 Å². The predicted molar refractivity (Wildman–Crippen MR) is 86.1 cm³/mol. The molecule has 0 amide bonds. The van der Waals surface area contributed by atoms with Gasteiger partial charge in [0.25, 0.3) is 0 Å². The second-order valence-corrected chi connectivity index (χ2v) is 5.07. The van der Waals surface area contributed by atoms with Gasteiger partial charge in [-0.05, 0) is 17.7 Å². The lowest BCUT2D eigenvalue weighted by molar-refractivity contribution is 0.131. The standard InChI is InChI=1S/C16H16BrNO3/c1-19-15-8-13(14(17)9-16(15)20-2)11-21-18-10-12-6-4-3-5-7-12/h3-10H,11H2,1-2H3/b18-10+. The van der Waals surface area contributed by atoms with Crippen molar-refractivity contribution in [1.82, 2.24) is 0 Å². The highest BCUT2D eigenvalue weighted by Crippen LogP contribution is 2.33. The fourth-order valence-electron chi connectivity index (χ4n) is 1.75. The van der Waals surface area contributed by atoms with Crippen LogP contribution in [0.4, 0.5) is 0 Å². The summed E-state index contributed by atoms with van der Waals surface area (Å²) in [5.74, 6) is 1.33. The Hall–Kier alpha value is -2.01. The summed E-state index contributed by atoms with van der Waals surface area (Å²) in [6, 6.07) is 13.5. The summed E-state index contributed by atoms with van der Waals surface area (Å²) in [5.41, 5.74) is 1.92. The third kappa shape index (κ3) is 4.23. The average molecular weight is 350 g/mol. The summed E-state index contributed by atoms with van der Waals surface area (Å²) in [6.45, 7) is 0.338. The van der Waals surface area contributed by atoms with Crippen molar-refractivity contribution in [2.45, 2.75) is 6.61 Å². The molecule has 0 bridgehead atoms. The van der Waals surface area contributed by atoms with Crippen LogP contribution in [0.15, 0.2) is 52.1 Å². The molecule has 0 saturated heterocycles. The van der Waals surface area contributed by atoms with Crippen LogP contribution in [0.25, 0.3) is 0 Å². The second kappa shape index (κ2) is 7.69. The van der Waals surface area contributed by atoms with Crippen LogP contribution in [-0.4, -0.2) is 20.4 Å². The molecule has 2 rings (SSSR count). The average Bonchev–Trinajstić information content (AvgIpc) is 2.53. The predicted octanol–water partition coefficient (Wildman–Crippen LogP) is 4.02. The number of oxime groups is 1. The third-order valence-corrected chi connectivity index (χ3v) is 3.59. The molecule has 4 nitrogen and oxygen atoms in total. The van der Waals surface area contributed by atoms with Crippen molar-refractivity contribution in [3.8, 4) is 11.5 Å². The fourth-order valence-corrected chi connectivity index (χ4v) is 2.19. The smallest absolute Gasteiger partial charge is 0.161 e. The summed E-state index contributed by atoms with van der Waals surface area (Å²) in [4.78, 5) is 5.32. The fraction of sp³-hybridized carbons (Fsp3) is 0.188. The Labute approximate surface area is 132 Å². The van der Waals surface area contributed by atoms with E-state index in [0.717, 1.165) is 15.6 Å². The van der Waals surface area contributed by atoms with Crippen LogP contribution in [-0.2, 0) is 11.4 Å². The maximum absolute atomic E-state index is 5.32. The van der Waals surface area contributed by atoms with Gasteiger partial charge in [0.1, 0.15) is 6.61 Å². The maximum atomic E-state index is 5.32. The molecule has 21 heavy (non-hydrogen) atoms. The minimum atomic E-state index is 0.338. The van der Waals surface area contributed by atoms with E-state index in [0.29, 0.717) is 18.1 Å². The van der Waals surface area contributed by atoms with Crippen molar-refractivity contribution in [2.24, 2.45) is 5.16 Å². The van der Waals surface area contributed by atoms with E-state index < -0.39 is 0 Å². The van der Waals surface area contributed by atoms with E-state index in [1.807, 2.05) is 42.5 Å². The van der Waals surface area contributed by atoms with Gasteiger partial charge < -0.3 is 14.3 Å². The molecule has 2 aromatic rings. The normalized spacial score (nSPS) is 10.6. The molecule has 0 N–H and O–H groups in total. The van der Waals surface area contributed by atoms with Crippen molar-refractivity contribution >= 4 is 22.1 Å². The largest absolute Gasteiger partial charge is 0.493 e. The number of halogens is 1. The lowest BCUT2D eigenvalue weighted by Crippen LogP contribution is -1.95. The minimum Gasteiger partial charge on any atom is -0.493 e. The Balaban J connectivity index is 2.01. The molecule has 0 radical (unpaired) electrons. The molecule has 0 aromatic heterocycles. The van der Waals surface area contributed by atoms with Gasteiger partial charge in [-0.15, -0.1) is 0 Å². The van der Waals surface area contributed by atoms with E-state index in [1.54, 1.807) is 20.4 Å². The van der Waals surface area contributed by atoms with Crippen LogP contribution in [0.2, 0.25) is 0 Å². The van der Waals surface area contributed by atoms with Gasteiger partial charge >= 0.3 is 0 Å². The number of hydrogen-bond donors (Lipinski definition) is 0. The summed E-state index contributed by atoms with van der Waals surface area (Å²) in [5, 5.41) is 3.96. The SMILES string of the molecule is COc1cc(Br)c(CO/N=C/c2ccccc2)cc1OC. The number of rotatable bonds is 6. The zero-order chi connectivity index (χ0) is 15.1. The Kier molecular flexibility index (Phi) is 5.63. The van der Waals surface area contributed by atoms with Gasteiger partial charge in [0.05, 0.1) is 20.4 Å². The lowest BCUT2D eigenvalue weighted by Gasteiger charge is -2.11. The Bertz CT molecular complexity index is 614. The summed E-state index contributed by atoms with van der Waals surface area (Å²) in [6.07, 6.45) is 1.68. The van der Waals surface area contributed by atoms with E-state index in [4.69, 9.17) is 14.3 Å². The lowest BCUT2D eigenvalue weighted by atomic mass is 10.2. The molecule has 5 heteroatoms. The third-order valence-electron chi connectivity index (χ3n) is 2.85. The molecule has 110 valence electrons. The van der Waals surface area contributed by atoms with Crippen molar-refractivity contribution in [1.29, 1.82) is 0 Å². The molecular formula is C16H16BrNO3. The van der Waals surface area contributed by atoms with Crippen LogP contribution in [0.1, 0.15) is 11.1 Å². The van der Waals surface area contributed by atoms with Gasteiger partial charge in [0.15, 0.2) is 11.5 Å². The van der Waals surface area contributed by atoms with Crippen molar-refractivity contribution < 1.29 is 14.3 Å². The van der Waals surface area contributed by atoms with Gasteiger partial charge in [0.2, 0.25) is 0 Å². The van der Waals surface area contributed by atoms with Crippen LogP contribution in [0.3, 0.4) is 0 Å². The highest BCUT2D eigenvalue weighted by atomic mass is 79.9. The van der Waals surface area contributed by atoms with Crippen LogP contribution < -0.4 is 9.47 Å². The molecule has 0 aliphatic heterocycles. The van der Waals surface area contributed by atoms with Crippen molar-refractivity contribution in [3.05, 3.63) is 58.1 Å². The molecule has 0 spiro atoms. The first-order chi connectivity index (χ1) is 10.2. The van der Waals surface area contributed by atoms with Gasteiger partial charge in [-0.1, -0.05) is 51.4 Å². The molecule has 0 unspecified atom stereocenters. The molecule has 0 aliphatic rings. The molecule has 0 aliphatic carbocycles. The van der Waals surface area contributed by atoms with Gasteiger partial charge in [0, 0.05) is 10.0 Å². The monoisotopic (exact) mass is 349 g/mol. The summed E-state index contributed by atoms with van der Waals surface area (Å²) < 4.78 is 11.4. The number of ether oxygens (including phenoxy) is 2. The second-order valence-electron chi connectivity index (χ2n) is 4.22. The molecule has 0 fully saturated rings. The molecule has 0 heterocycles. The highest BCUT2D eigenvalue weighted by molar-refractivity contribution is 9.10. The summed E-state index contributed by atoms with van der Waals surface area (Å²) >= 11 is 3.48. The zero-order valence-corrected chi connectivity index (χ0v) is 13.5. The van der Waals surface area contributed by atoms with E-state index in [-0.39, 0.29) is 0 Å². The number of methoxy groups -OCH3 is 2. The molecule has 0 atom stereocenters. The Morgan fingerprint density at radius 3 is 2.38 bits per heavy atom. The van der Waals surface area contributed by atoms with Crippen LogP contribution >= 0.6 is 15.9 Å². The van der Waals surface area contributed by atoms with Gasteiger partial charge in [-0.2, -0.15) is 0 Å². The van der Waals surface area contributed by atoms with E-state index in [1.165, 1.54) is 0 Å². The van der Waals surface area contributed by atoms with Crippen LogP contribution in [0, 0.1) is 0 Å². The summed E-state index contributed by atoms with van der Waals surface area (Å²) in [7, 11) is 3.20. The zero-order valence-electron chi connectivity index (χ0n) is 11.9. The molecular weight excluding hydrogens is 334 g/mol. The van der Waals surface area contributed by atoms with Gasteiger partial charge in [-0.3, -0.25) is 0 Å². The quantitative estimate of drug-likeness (QED) is 0.584.